The summed E-state index contributed by atoms with van der Waals surface area (Å²) in [6.45, 7) is 4.50. The van der Waals surface area contributed by atoms with Crippen LogP contribution in [0.3, 0.4) is 0 Å². The van der Waals surface area contributed by atoms with Crippen molar-refractivity contribution in [3.63, 3.8) is 0 Å². The summed E-state index contributed by atoms with van der Waals surface area (Å²) >= 11 is 1.80. The molecular weight excluding hydrogens is 258 g/mol. The summed E-state index contributed by atoms with van der Waals surface area (Å²) in [6.07, 6.45) is 0. The topological polar surface area (TPSA) is 30.5 Å². The number of benzene rings is 1. The largest absolute Gasteiger partial charge is 0.493 e. The molecule has 3 nitrogen and oxygen atoms in total. The molecule has 2 heterocycles. The van der Waals surface area contributed by atoms with Crippen molar-refractivity contribution in [1.82, 2.24) is 5.32 Å². The van der Waals surface area contributed by atoms with E-state index in [0.717, 1.165) is 30.2 Å². The van der Waals surface area contributed by atoms with Gasteiger partial charge in [0, 0.05) is 28.4 Å². The van der Waals surface area contributed by atoms with Crippen LogP contribution in [0, 0.1) is 6.92 Å². The van der Waals surface area contributed by atoms with Crippen LogP contribution in [0.4, 0.5) is 0 Å². The van der Waals surface area contributed by atoms with Crippen LogP contribution in [0.15, 0.2) is 24.3 Å². The van der Waals surface area contributed by atoms with Gasteiger partial charge in [-0.25, -0.2) is 0 Å². The molecule has 0 aliphatic carbocycles. The molecule has 0 unspecified atom stereocenters. The molecule has 1 aromatic heterocycles. The van der Waals surface area contributed by atoms with Crippen molar-refractivity contribution in [3.8, 4) is 21.9 Å². The van der Waals surface area contributed by atoms with E-state index in [1.165, 1.54) is 15.3 Å². The fourth-order valence-corrected chi connectivity index (χ4v) is 3.14. The van der Waals surface area contributed by atoms with Gasteiger partial charge in [0.1, 0.15) is 6.61 Å². The molecule has 0 bridgehead atoms. The Balaban J connectivity index is 2.09. The lowest BCUT2D eigenvalue weighted by Gasteiger charge is -2.13. The van der Waals surface area contributed by atoms with E-state index in [9.17, 15) is 0 Å². The maximum Gasteiger partial charge on any atom is 0.165 e. The molecule has 100 valence electrons. The second kappa shape index (κ2) is 5.23. The number of nitrogens with one attached hydrogen (secondary N) is 1. The first-order chi connectivity index (χ1) is 9.28. The number of fused-ring (bicyclic) bond motifs is 1. The monoisotopic (exact) mass is 275 g/mol. The number of ether oxygens (including phenoxy) is 2. The highest BCUT2D eigenvalue weighted by atomic mass is 32.1. The predicted molar refractivity (Wildman–Crippen MR) is 78.2 cm³/mol. The summed E-state index contributed by atoms with van der Waals surface area (Å²) in [7, 11) is 1.70. The molecule has 2 aromatic rings. The second-order valence-corrected chi connectivity index (χ2v) is 5.89. The molecule has 3 rings (SSSR count). The average Bonchev–Trinajstić information content (AvgIpc) is 2.72. The summed E-state index contributed by atoms with van der Waals surface area (Å²) in [4.78, 5) is 2.58. The lowest BCUT2D eigenvalue weighted by molar-refractivity contribution is 0.302. The normalized spacial score (nSPS) is 14.4. The third kappa shape index (κ3) is 2.46. The van der Waals surface area contributed by atoms with Gasteiger partial charge in [0.05, 0.1) is 7.11 Å². The van der Waals surface area contributed by atoms with Crippen LogP contribution in [0.25, 0.3) is 10.4 Å². The summed E-state index contributed by atoms with van der Waals surface area (Å²) in [5.74, 6) is 1.70. The van der Waals surface area contributed by atoms with Crippen molar-refractivity contribution >= 4 is 11.3 Å². The highest BCUT2D eigenvalue weighted by Crippen LogP contribution is 2.39. The molecule has 1 aliphatic rings. The molecule has 1 aliphatic heterocycles. The molecule has 0 atom stereocenters. The number of rotatable bonds is 2. The SMILES string of the molecule is COc1cc(-c2ccc(C)s2)cc2c1OCCNC2. The minimum Gasteiger partial charge on any atom is -0.493 e. The summed E-state index contributed by atoms with van der Waals surface area (Å²) in [5.41, 5.74) is 2.36. The molecule has 0 saturated carbocycles. The summed E-state index contributed by atoms with van der Waals surface area (Å²) in [6, 6.07) is 8.57. The molecule has 1 aromatic carbocycles. The van der Waals surface area contributed by atoms with Crippen LogP contribution in [-0.4, -0.2) is 20.3 Å². The van der Waals surface area contributed by atoms with Gasteiger partial charge < -0.3 is 14.8 Å². The lowest BCUT2D eigenvalue weighted by atomic mass is 10.1. The van der Waals surface area contributed by atoms with Crippen LogP contribution in [0.1, 0.15) is 10.4 Å². The molecule has 0 radical (unpaired) electrons. The van der Waals surface area contributed by atoms with Crippen molar-refractivity contribution < 1.29 is 9.47 Å². The highest BCUT2D eigenvalue weighted by molar-refractivity contribution is 7.15. The highest BCUT2D eigenvalue weighted by Gasteiger charge is 2.16. The smallest absolute Gasteiger partial charge is 0.165 e. The van der Waals surface area contributed by atoms with Gasteiger partial charge in [-0.15, -0.1) is 11.3 Å². The maximum atomic E-state index is 5.78. The van der Waals surface area contributed by atoms with E-state index in [1.807, 2.05) is 0 Å². The zero-order valence-corrected chi connectivity index (χ0v) is 12.0. The summed E-state index contributed by atoms with van der Waals surface area (Å²) in [5, 5.41) is 3.36. The van der Waals surface area contributed by atoms with E-state index in [-0.39, 0.29) is 0 Å². The zero-order chi connectivity index (χ0) is 13.2. The zero-order valence-electron chi connectivity index (χ0n) is 11.2. The maximum absolute atomic E-state index is 5.78. The van der Waals surface area contributed by atoms with Crippen LogP contribution < -0.4 is 14.8 Å². The molecule has 0 saturated heterocycles. The quantitative estimate of drug-likeness (QED) is 0.913. The minimum atomic E-state index is 0.681. The minimum absolute atomic E-state index is 0.681. The Labute approximate surface area is 117 Å². The van der Waals surface area contributed by atoms with Crippen molar-refractivity contribution in [1.29, 1.82) is 0 Å². The number of aryl methyl sites for hydroxylation is 1. The standard InChI is InChI=1S/C15H17NO2S/c1-10-3-4-14(19-10)11-7-12-9-16-5-6-18-15(12)13(8-11)17-2/h3-4,7-8,16H,5-6,9H2,1-2H3. The third-order valence-corrected chi connectivity index (χ3v) is 4.27. The van der Waals surface area contributed by atoms with Crippen molar-refractivity contribution in [3.05, 3.63) is 34.7 Å². The first-order valence-electron chi connectivity index (χ1n) is 6.39. The van der Waals surface area contributed by atoms with Gasteiger partial charge in [0.25, 0.3) is 0 Å². The van der Waals surface area contributed by atoms with Crippen LogP contribution in [-0.2, 0) is 6.54 Å². The molecule has 0 amide bonds. The van der Waals surface area contributed by atoms with Crippen molar-refractivity contribution in [2.75, 3.05) is 20.3 Å². The van der Waals surface area contributed by atoms with Crippen molar-refractivity contribution in [2.45, 2.75) is 13.5 Å². The van der Waals surface area contributed by atoms with Gasteiger partial charge in [0.2, 0.25) is 0 Å². The molecule has 0 spiro atoms. The lowest BCUT2D eigenvalue weighted by Crippen LogP contribution is -2.16. The Hall–Kier alpha value is -1.52. The van der Waals surface area contributed by atoms with Gasteiger partial charge in [-0.1, -0.05) is 0 Å². The molecule has 1 N–H and O–H groups in total. The number of hydrogen-bond acceptors (Lipinski definition) is 4. The molecular formula is C15H17NO2S. The van der Waals surface area contributed by atoms with Gasteiger partial charge >= 0.3 is 0 Å². The summed E-state index contributed by atoms with van der Waals surface area (Å²) < 4.78 is 11.3. The first kappa shape index (κ1) is 12.5. The Morgan fingerprint density at radius 3 is 2.95 bits per heavy atom. The van der Waals surface area contributed by atoms with Crippen LogP contribution in [0.2, 0.25) is 0 Å². The number of methoxy groups -OCH3 is 1. The van der Waals surface area contributed by atoms with Gasteiger partial charge in [-0.3, -0.25) is 0 Å². The van der Waals surface area contributed by atoms with Gasteiger partial charge in [-0.05, 0) is 36.8 Å². The second-order valence-electron chi connectivity index (χ2n) is 4.60. The fraction of sp³-hybridized carbons (Fsp3) is 0.333. The van der Waals surface area contributed by atoms with E-state index >= 15 is 0 Å². The average molecular weight is 275 g/mol. The third-order valence-electron chi connectivity index (χ3n) is 3.22. The number of hydrogen-bond donors (Lipinski definition) is 1. The van der Waals surface area contributed by atoms with Crippen molar-refractivity contribution in [2.24, 2.45) is 0 Å². The first-order valence-corrected chi connectivity index (χ1v) is 7.21. The molecule has 19 heavy (non-hydrogen) atoms. The number of thiophene rings is 1. The molecule has 4 heteroatoms. The van der Waals surface area contributed by atoms with Crippen LogP contribution in [0.5, 0.6) is 11.5 Å². The Bertz CT molecular complexity index is 592. The Morgan fingerprint density at radius 1 is 1.32 bits per heavy atom. The van der Waals surface area contributed by atoms with Gasteiger partial charge in [0.15, 0.2) is 11.5 Å². The predicted octanol–water partition coefficient (Wildman–Crippen LogP) is 3.21. The van der Waals surface area contributed by atoms with E-state index in [1.54, 1.807) is 18.4 Å². The van der Waals surface area contributed by atoms with Crippen LogP contribution >= 0.6 is 11.3 Å². The van der Waals surface area contributed by atoms with E-state index in [4.69, 9.17) is 9.47 Å². The van der Waals surface area contributed by atoms with E-state index < -0.39 is 0 Å². The fourth-order valence-electron chi connectivity index (χ4n) is 2.29. The van der Waals surface area contributed by atoms with E-state index in [2.05, 4.69) is 36.5 Å². The van der Waals surface area contributed by atoms with Gasteiger partial charge in [-0.2, -0.15) is 0 Å². The molecule has 0 fully saturated rings. The Kier molecular flexibility index (Phi) is 3.44. The Morgan fingerprint density at radius 2 is 2.21 bits per heavy atom. The van der Waals surface area contributed by atoms with E-state index in [0.29, 0.717) is 6.61 Å².